The van der Waals surface area contributed by atoms with Crippen LogP contribution in [0.25, 0.3) is 0 Å². The summed E-state index contributed by atoms with van der Waals surface area (Å²) in [5.74, 6) is -0.234. The van der Waals surface area contributed by atoms with Gasteiger partial charge in [0, 0.05) is 23.5 Å². The first-order valence-corrected chi connectivity index (χ1v) is 7.72. The number of thioether (sulfide) groups is 1. The molecule has 0 saturated heterocycles. The largest absolute Gasteiger partial charge is 0.466 e. The number of carbonyl (C=O) groups excluding carboxylic acids is 2. The van der Waals surface area contributed by atoms with Crippen molar-refractivity contribution in [3.05, 3.63) is 24.3 Å². The van der Waals surface area contributed by atoms with Crippen molar-refractivity contribution in [1.82, 2.24) is 5.32 Å². The highest BCUT2D eigenvalue weighted by Gasteiger charge is 2.04. The molecule has 1 aromatic rings. The molecule has 1 aromatic carbocycles. The van der Waals surface area contributed by atoms with Gasteiger partial charge in [-0.15, -0.1) is 11.8 Å². The molecule has 0 bridgehead atoms. The lowest BCUT2D eigenvalue weighted by molar-refractivity contribution is -0.143. The molecule has 0 spiro atoms. The second kappa shape index (κ2) is 9.25. The molecular formula is C14H20N2O3S. The summed E-state index contributed by atoms with van der Waals surface area (Å²) < 4.78 is 4.80. The molecule has 0 heterocycles. The summed E-state index contributed by atoms with van der Waals surface area (Å²) in [5, 5.41) is 5.45. The number of hydrogen-bond acceptors (Lipinski definition) is 4. The lowest BCUT2D eigenvalue weighted by atomic mass is 10.3. The third-order valence-electron chi connectivity index (χ3n) is 2.48. The molecule has 0 aromatic heterocycles. The molecule has 0 aliphatic carbocycles. The molecule has 0 radical (unpaired) electrons. The number of carbonyl (C=O) groups is 2. The van der Waals surface area contributed by atoms with Gasteiger partial charge in [-0.3, -0.25) is 4.79 Å². The topological polar surface area (TPSA) is 67.4 Å². The summed E-state index contributed by atoms with van der Waals surface area (Å²) in [5.41, 5.74) is 0.750. The fourth-order valence-electron chi connectivity index (χ4n) is 1.54. The van der Waals surface area contributed by atoms with E-state index in [1.807, 2.05) is 30.5 Å². The van der Waals surface area contributed by atoms with Gasteiger partial charge in [0.25, 0.3) is 0 Å². The minimum Gasteiger partial charge on any atom is -0.466 e. The van der Waals surface area contributed by atoms with Gasteiger partial charge in [0.2, 0.25) is 0 Å². The predicted molar refractivity (Wildman–Crippen MR) is 81.1 cm³/mol. The highest BCUT2D eigenvalue weighted by Crippen LogP contribution is 2.18. The van der Waals surface area contributed by atoms with Crippen molar-refractivity contribution in [2.24, 2.45) is 0 Å². The van der Waals surface area contributed by atoms with Gasteiger partial charge in [0.15, 0.2) is 0 Å². The minimum absolute atomic E-state index is 0.234. The van der Waals surface area contributed by atoms with E-state index in [9.17, 15) is 9.59 Å². The lowest BCUT2D eigenvalue weighted by Crippen LogP contribution is -2.29. The highest BCUT2D eigenvalue weighted by molar-refractivity contribution is 7.98. The molecule has 0 fully saturated rings. The van der Waals surface area contributed by atoms with E-state index in [4.69, 9.17) is 4.74 Å². The molecule has 0 saturated carbocycles. The quantitative estimate of drug-likeness (QED) is 0.461. The first kappa shape index (κ1) is 16.4. The fourth-order valence-corrected chi connectivity index (χ4v) is 2.00. The van der Waals surface area contributed by atoms with Gasteiger partial charge < -0.3 is 15.4 Å². The summed E-state index contributed by atoms with van der Waals surface area (Å²) in [6.07, 6.45) is 2.86. The number of anilines is 1. The van der Waals surface area contributed by atoms with Crippen LogP contribution >= 0.6 is 11.8 Å². The van der Waals surface area contributed by atoms with Gasteiger partial charge in [0.05, 0.1) is 6.61 Å². The summed E-state index contributed by atoms with van der Waals surface area (Å²) >= 11 is 1.62. The van der Waals surface area contributed by atoms with Crippen molar-refractivity contribution in [1.29, 1.82) is 0 Å². The third-order valence-corrected chi connectivity index (χ3v) is 3.20. The molecule has 6 heteroatoms. The lowest BCUT2D eigenvalue weighted by Gasteiger charge is -2.08. The minimum atomic E-state index is -0.271. The number of rotatable bonds is 7. The van der Waals surface area contributed by atoms with Crippen LogP contribution in [-0.4, -0.2) is 31.4 Å². The van der Waals surface area contributed by atoms with Crippen LogP contribution < -0.4 is 10.6 Å². The first-order valence-electron chi connectivity index (χ1n) is 6.50. The molecule has 0 aliphatic rings. The van der Waals surface area contributed by atoms with Gasteiger partial charge in [-0.1, -0.05) is 6.07 Å². The van der Waals surface area contributed by atoms with Crippen LogP contribution in [0.1, 0.15) is 19.8 Å². The molecule has 2 amide bonds. The van der Waals surface area contributed by atoms with Crippen molar-refractivity contribution in [2.45, 2.75) is 24.7 Å². The zero-order chi connectivity index (χ0) is 14.8. The van der Waals surface area contributed by atoms with Gasteiger partial charge >= 0.3 is 12.0 Å². The van der Waals surface area contributed by atoms with Crippen molar-refractivity contribution >= 4 is 29.4 Å². The second-order valence-corrected chi connectivity index (χ2v) is 4.90. The Morgan fingerprint density at radius 3 is 2.85 bits per heavy atom. The number of amides is 2. The van der Waals surface area contributed by atoms with E-state index >= 15 is 0 Å². The van der Waals surface area contributed by atoms with Crippen LogP contribution in [0.2, 0.25) is 0 Å². The molecule has 1 rings (SSSR count). The number of ether oxygens (including phenoxy) is 1. The van der Waals surface area contributed by atoms with E-state index < -0.39 is 0 Å². The van der Waals surface area contributed by atoms with Gasteiger partial charge in [-0.25, -0.2) is 4.79 Å². The molecule has 0 unspecified atom stereocenters. The summed E-state index contributed by atoms with van der Waals surface area (Å²) in [7, 11) is 0. The summed E-state index contributed by atoms with van der Waals surface area (Å²) in [6, 6.07) is 7.34. The number of nitrogens with one attached hydrogen (secondary N) is 2. The zero-order valence-electron chi connectivity index (χ0n) is 11.8. The molecule has 2 N–H and O–H groups in total. The smallest absolute Gasteiger partial charge is 0.319 e. The fraction of sp³-hybridized carbons (Fsp3) is 0.429. The Labute approximate surface area is 123 Å². The van der Waals surface area contributed by atoms with Crippen molar-refractivity contribution in [3.63, 3.8) is 0 Å². The van der Waals surface area contributed by atoms with Crippen LogP contribution in [-0.2, 0) is 9.53 Å². The highest BCUT2D eigenvalue weighted by atomic mass is 32.2. The molecule has 5 nitrogen and oxygen atoms in total. The SMILES string of the molecule is CCOC(=O)CCCNC(=O)Nc1cccc(SC)c1. The van der Waals surface area contributed by atoms with Crippen molar-refractivity contribution in [3.8, 4) is 0 Å². The maximum absolute atomic E-state index is 11.6. The third kappa shape index (κ3) is 6.47. The van der Waals surface area contributed by atoms with Crippen LogP contribution in [0, 0.1) is 0 Å². The van der Waals surface area contributed by atoms with Gasteiger partial charge in [-0.2, -0.15) is 0 Å². The second-order valence-electron chi connectivity index (χ2n) is 4.02. The Kier molecular flexibility index (Phi) is 7.57. The number of hydrogen-bond donors (Lipinski definition) is 2. The maximum Gasteiger partial charge on any atom is 0.319 e. The average Bonchev–Trinajstić information content (AvgIpc) is 2.44. The Hall–Kier alpha value is -1.69. The number of benzene rings is 1. The maximum atomic E-state index is 11.6. The molecule has 0 atom stereocenters. The van der Waals surface area contributed by atoms with E-state index in [-0.39, 0.29) is 12.0 Å². The van der Waals surface area contributed by atoms with E-state index in [0.717, 1.165) is 10.6 Å². The number of urea groups is 1. The molecular weight excluding hydrogens is 276 g/mol. The predicted octanol–water partition coefficient (Wildman–Crippen LogP) is 2.87. The van der Waals surface area contributed by atoms with E-state index in [2.05, 4.69) is 10.6 Å². The zero-order valence-corrected chi connectivity index (χ0v) is 12.6. The van der Waals surface area contributed by atoms with E-state index in [0.29, 0.717) is 26.0 Å². The monoisotopic (exact) mass is 296 g/mol. The normalized spacial score (nSPS) is 9.90. The van der Waals surface area contributed by atoms with Crippen molar-refractivity contribution in [2.75, 3.05) is 24.7 Å². The van der Waals surface area contributed by atoms with Crippen molar-refractivity contribution < 1.29 is 14.3 Å². The van der Waals surface area contributed by atoms with Gasteiger partial charge in [0.1, 0.15) is 0 Å². The molecule has 0 aliphatic heterocycles. The van der Waals surface area contributed by atoms with Crippen LogP contribution in [0.5, 0.6) is 0 Å². The standard InChI is InChI=1S/C14H20N2O3S/c1-3-19-13(17)8-5-9-15-14(18)16-11-6-4-7-12(10-11)20-2/h4,6-7,10H,3,5,8-9H2,1-2H3,(H2,15,16,18). The van der Waals surface area contributed by atoms with Crippen LogP contribution in [0.3, 0.4) is 0 Å². The number of esters is 1. The first-order chi connectivity index (χ1) is 9.65. The Morgan fingerprint density at radius 1 is 1.35 bits per heavy atom. The Bertz CT molecular complexity index is 452. The molecule has 110 valence electrons. The summed E-state index contributed by atoms with van der Waals surface area (Å²) in [6.45, 7) is 2.59. The van der Waals surface area contributed by atoms with Crippen LogP contribution in [0.15, 0.2) is 29.2 Å². The summed E-state index contributed by atoms with van der Waals surface area (Å²) in [4.78, 5) is 23.8. The van der Waals surface area contributed by atoms with E-state index in [1.165, 1.54) is 0 Å². The Balaban J connectivity index is 2.24. The average molecular weight is 296 g/mol. The van der Waals surface area contributed by atoms with Gasteiger partial charge in [-0.05, 0) is 37.8 Å². The Morgan fingerprint density at radius 2 is 2.15 bits per heavy atom. The van der Waals surface area contributed by atoms with Crippen LogP contribution in [0.4, 0.5) is 10.5 Å². The van der Waals surface area contributed by atoms with E-state index in [1.54, 1.807) is 18.7 Å². The molecule has 20 heavy (non-hydrogen) atoms.